The molecule has 1 amide bonds. The molecule has 0 saturated heterocycles. The number of carbonyl (C=O) groups is 2. The van der Waals surface area contributed by atoms with Crippen molar-refractivity contribution in [2.45, 2.75) is 17.9 Å². The number of anilines is 1. The first-order chi connectivity index (χ1) is 12.7. The van der Waals surface area contributed by atoms with Gasteiger partial charge in [0.2, 0.25) is 15.8 Å². The lowest BCUT2D eigenvalue weighted by Gasteiger charge is -2.12. The number of hydrogen-bond donors (Lipinski definition) is 2. The third-order valence-electron chi connectivity index (χ3n) is 3.73. The number of hydrogen-bond acceptors (Lipinski definition) is 6. The summed E-state index contributed by atoms with van der Waals surface area (Å²) >= 11 is 0. The van der Waals surface area contributed by atoms with Gasteiger partial charge >= 0.3 is 5.97 Å². The van der Waals surface area contributed by atoms with Crippen molar-refractivity contribution in [1.82, 2.24) is 0 Å². The van der Waals surface area contributed by atoms with Crippen LogP contribution >= 0.6 is 0 Å². The average molecular weight is 388 g/mol. The second-order valence-electron chi connectivity index (χ2n) is 5.75. The molecule has 27 heavy (non-hydrogen) atoms. The van der Waals surface area contributed by atoms with Gasteiger partial charge in [0.25, 0.3) is 5.91 Å². The number of ether oxygens (including phenoxy) is 1. The zero-order chi connectivity index (χ0) is 19.6. The van der Waals surface area contributed by atoms with Gasteiger partial charge in [-0.2, -0.15) is 0 Å². The van der Waals surface area contributed by atoms with E-state index in [1.807, 2.05) is 6.07 Å². The summed E-state index contributed by atoms with van der Waals surface area (Å²) in [6, 6.07) is 13.9. The van der Waals surface area contributed by atoms with Crippen LogP contribution in [-0.4, -0.2) is 26.4 Å². The molecule has 0 bridgehead atoms. The van der Waals surface area contributed by atoms with Gasteiger partial charge < -0.3 is 14.5 Å². The van der Waals surface area contributed by atoms with Crippen LogP contribution < -0.4 is 10.5 Å². The molecule has 0 spiro atoms. The number of amides is 1. The predicted molar refractivity (Wildman–Crippen MR) is 97.5 cm³/mol. The second-order valence-corrected chi connectivity index (χ2v) is 7.32. The van der Waals surface area contributed by atoms with Gasteiger partial charge in [-0.3, -0.25) is 4.79 Å². The molecule has 3 N–H and O–H groups in total. The van der Waals surface area contributed by atoms with Crippen LogP contribution in [0.5, 0.6) is 0 Å². The van der Waals surface area contributed by atoms with Gasteiger partial charge in [-0.15, -0.1) is 0 Å². The highest BCUT2D eigenvalue weighted by molar-refractivity contribution is 7.89. The number of nitrogens with two attached hydrogens (primary N) is 1. The third-order valence-corrected chi connectivity index (χ3v) is 4.66. The molecule has 3 rings (SSSR count). The zero-order valence-electron chi connectivity index (χ0n) is 14.2. The van der Waals surface area contributed by atoms with E-state index in [0.29, 0.717) is 11.3 Å². The van der Waals surface area contributed by atoms with Crippen molar-refractivity contribution in [1.29, 1.82) is 0 Å². The van der Waals surface area contributed by atoms with E-state index in [2.05, 4.69) is 5.32 Å². The van der Waals surface area contributed by atoms with Crippen molar-refractivity contribution in [3.8, 4) is 0 Å². The molecule has 0 aliphatic carbocycles. The Morgan fingerprint density at radius 1 is 1.11 bits per heavy atom. The van der Waals surface area contributed by atoms with Gasteiger partial charge in [-0.25, -0.2) is 18.4 Å². The van der Waals surface area contributed by atoms with E-state index >= 15 is 0 Å². The molecule has 0 radical (unpaired) electrons. The number of para-hydroxylation sites is 1. The van der Waals surface area contributed by atoms with E-state index < -0.39 is 28.0 Å². The van der Waals surface area contributed by atoms with Crippen LogP contribution in [0.3, 0.4) is 0 Å². The molecule has 9 heteroatoms. The maximum absolute atomic E-state index is 12.2. The summed E-state index contributed by atoms with van der Waals surface area (Å²) in [5.74, 6) is -1.35. The van der Waals surface area contributed by atoms with E-state index in [1.54, 1.807) is 18.2 Å². The van der Waals surface area contributed by atoms with Crippen molar-refractivity contribution in [2.75, 3.05) is 5.32 Å². The Hall–Kier alpha value is -3.17. The molecule has 0 saturated carbocycles. The summed E-state index contributed by atoms with van der Waals surface area (Å²) in [5.41, 5.74) is 0.871. The van der Waals surface area contributed by atoms with E-state index in [4.69, 9.17) is 14.3 Å². The van der Waals surface area contributed by atoms with Crippen molar-refractivity contribution in [2.24, 2.45) is 5.14 Å². The quantitative estimate of drug-likeness (QED) is 0.645. The highest BCUT2D eigenvalue weighted by Gasteiger charge is 2.21. The lowest BCUT2D eigenvalue weighted by atomic mass is 10.2. The van der Waals surface area contributed by atoms with E-state index in [-0.39, 0.29) is 10.7 Å². The Bertz CT molecular complexity index is 1070. The van der Waals surface area contributed by atoms with Crippen LogP contribution in [0.25, 0.3) is 11.0 Å². The molecule has 0 aliphatic heterocycles. The highest BCUT2D eigenvalue weighted by atomic mass is 32.2. The Morgan fingerprint density at radius 2 is 1.78 bits per heavy atom. The zero-order valence-corrected chi connectivity index (χ0v) is 15.0. The van der Waals surface area contributed by atoms with Crippen LogP contribution in [0, 0.1) is 0 Å². The average Bonchev–Trinajstić information content (AvgIpc) is 3.05. The van der Waals surface area contributed by atoms with Gasteiger partial charge in [0.1, 0.15) is 5.58 Å². The van der Waals surface area contributed by atoms with Crippen molar-refractivity contribution < 1.29 is 27.2 Å². The van der Waals surface area contributed by atoms with E-state index in [0.717, 1.165) is 5.39 Å². The Labute approximate surface area is 155 Å². The SMILES string of the molecule is CC(OC(=O)c1cc2ccccc2o1)C(=O)Nc1ccc(S(N)(=O)=O)cc1. The van der Waals surface area contributed by atoms with E-state index in [9.17, 15) is 18.0 Å². The Morgan fingerprint density at radius 3 is 2.41 bits per heavy atom. The molecule has 1 unspecified atom stereocenters. The predicted octanol–water partition coefficient (Wildman–Crippen LogP) is 2.26. The lowest BCUT2D eigenvalue weighted by molar-refractivity contribution is -0.123. The lowest BCUT2D eigenvalue weighted by Crippen LogP contribution is -2.29. The van der Waals surface area contributed by atoms with Crippen molar-refractivity contribution in [3.63, 3.8) is 0 Å². The van der Waals surface area contributed by atoms with Crippen LogP contribution in [0.2, 0.25) is 0 Å². The highest BCUT2D eigenvalue weighted by Crippen LogP contribution is 2.20. The normalized spacial score (nSPS) is 12.5. The smallest absolute Gasteiger partial charge is 0.375 e. The molecule has 3 aromatic rings. The number of furan rings is 1. The van der Waals surface area contributed by atoms with Gasteiger partial charge in [0, 0.05) is 11.1 Å². The maximum Gasteiger partial charge on any atom is 0.375 e. The Kier molecular flexibility index (Phi) is 4.98. The molecule has 2 aromatic carbocycles. The fourth-order valence-corrected chi connectivity index (χ4v) is 2.84. The number of rotatable bonds is 5. The van der Waals surface area contributed by atoms with Crippen molar-refractivity contribution >= 4 is 38.6 Å². The second kappa shape index (κ2) is 7.22. The molecule has 1 atom stereocenters. The number of esters is 1. The number of sulfonamides is 1. The molecular formula is C18H16N2O6S. The topological polar surface area (TPSA) is 129 Å². The molecule has 0 aliphatic rings. The summed E-state index contributed by atoms with van der Waals surface area (Å²) in [7, 11) is -3.81. The minimum Gasteiger partial charge on any atom is -0.449 e. The van der Waals surface area contributed by atoms with Crippen LogP contribution in [0.1, 0.15) is 17.5 Å². The summed E-state index contributed by atoms with van der Waals surface area (Å²) in [4.78, 5) is 24.3. The van der Waals surface area contributed by atoms with Crippen LogP contribution in [0.15, 0.2) is 63.9 Å². The summed E-state index contributed by atoms with van der Waals surface area (Å²) in [6.45, 7) is 1.41. The molecule has 0 fully saturated rings. The van der Waals surface area contributed by atoms with Gasteiger partial charge in [0.15, 0.2) is 6.10 Å². The minimum atomic E-state index is -3.81. The summed E-state index contributed by atoms with van der Waals surface area (Å²) in [5, 5.41) is 8.28. The number of fused-ring (bicyclic) bond motifs is 1. The standard InChI is InChI=1S/C18H16N2O6S/c1-11(17(21)20-13-6-8-14(9-7-13)27(19,23)24)25-18(22)16-10-12-4-2-3-5-15(12)26-16/h2-11H,1H3,(H,20,21)(H2,19,23,24). The molecular weight excluding hydrogens is 372 g/mol. The third kappa shape index (κ3) is 4.33. The van der Waals surface area contributed by atoms with E-state index in [1.165, 1.54) is 37.3 Å². The number of nitrogens with one attached hydrogen (secondary N) is 1. The first-order valence-corrected chi connectivity index (χ1v) is 9.42. The fourth-order valence-electron chi connectivity index (χ4n) is 2.33. The largest absolute Gasteiger partial charge is 0.449 e. The van der Waals surface area contributed by atoms with Gasteiger partial charge in [-0.1, -0.05) is 18.2 Å². The Balaban J connectivity index is 1.64. The van der Waals surface area contributed by atoms with Crippen LogP contribution in [-0.2, 0) is 19.6 Å². The molecule has 1 aromatic heterocycles. The van der Waals surface area contributed by atoms with Crippen molar-refractivity contribution in [3.05, 3.63) is 60.4 Å². The monoisotopic (exact) mass is 388 g/mol. The number of primary sulfonamides is 1. The molecule has 140 valence electrons. The minimum absolute atomic E-state index is 0.00615. The number of carbonyl (C=O) groups excluding carboxylic acids is 2. The first-order valence-electron chi connectivity index (χ1n) is 7.87. The van der Waals surface area contributed by atoms with Gasteiger partial charge in [0.05, 0.1) is 4.90 Å². The van der Waals surface area contributed by atoms with Crippen LogP contribution in [0.4, 0.5) is 5.69 Å². The molecule has 1 heterocycles. The maximum atomic E-state index is 12.2. The fraction of sp³-hybridized carbons (Fsp3) is 0.111. The molecule has 8 nitrogen and oxygen atoms in total. The summed E-state index contributed by atoms with van der Waals surface area (Å²) < 4.78 is 33.0. The first kappa shape index (κ1) is 18.6. The number of benzene rings is 2. The van der Waals surface area contributed by atoms with Gasteiger partial charge in [-0.05, 0) is 43.3 Å². The summed E-state index contributed by atoms with van der Waals surface area (Å²) in [6.07, 6.45) is -1.09.